The normalized spacial score (nSPS) is 18.7. The van der Waals surface area contributed by atoms with Crippen LogP contribution in [0.15, 0.2) is 18.2 Å². The fourth-order valence-corrected chi connectivity index (χ4v) is 1.99. The highest BCUT2D eigenvalue weighted by Gasteiger charge is 2.30. The van der Waals surface area contributed by atoms with Crippen LogP contribution in [0.1, 0.15) is 24.4 Å². The summed E-state index contributed by atoms with van der Waals surface area (Å²) in [6, 6.07) is 5.01. The first-order valence-corrected chi connectivity index (χ1v) is 5.47. The van der Waals surface area contributed by atoms with Gasteiger partial charge in [-0.3, -0.25) is 0 Å². The Hall–Kier alpha value is -0.160. The molecule has 3 heteroatoms. The predicted molar refractivity (Wildman–Crippen MR) is 58.8 cm³/mol. The van der Waals surface area contributed by atoms with Crippen LogP contribution in [-0.2, 0) is 0 Å². The lowest BCUT2D eigenvalue weighted by Gasteiger charge is -2.11. The number of benzene rings is 1. The van der Waals surface area contributed by atoms with E-state index in [1.54, 1.807) is 6.07 Å². The Bertz CT molecular complexity index is 323. The van der Waals surface area contributed by atoms with Gasteiger partial charge in [-0.1, -0.05) is 0 Å². The third-order valence-electron chi connectivity index (χ3n) is 2.45. The van der Waals surface area contributed by atoms with Crippen molar-refractivity contribution in [2.24, 2.45) is 11.7 Å². The van der Waals surface area contributed by atoms with E-state index in [9.17, 15) is 4.39 Å². The van der Waals surface area contributed by atoms with Gasteiger partial charge in [-0.05, 0) is 59.5 Å². The molecule has 0 unspecified atom stereocenters. The van der Waals surface area contributed by atoms with Crippen molar-refractivity contribution in [3.63, 3.8) is 0 Å². The molecule has 0 amide bonds. The van der Waals surface area contributed by atoms with Crippen molar-refractivity contribution in [3.05, 3.63) is 33.1 Å². The molecule has 1 aliphatic rings. The molecule has 70 valence electrons. The summed E-state index contributed by atoms with van der Waals surface area (Å²) in [5.74, 6) is 0.340. The van der Waals surface area contributed by atoms with Gasteiger partial charge < -0.3 is 5.73 Å². The lowest BCUT2D eigenvalue weighted by Crippen LogP contribution is -2.14. The Kier molecular flexibility index (Phi) is 2.55. The summed E-state index contributed by atoms with van der Waals surface area (Å²) in [6.07, 6.45) is 2.29. The van der Waals surface area contributed by atoms with Gasteiger partial charge in [0.1, 0.15) is 5.82 Å². The molecule has 1 saturated carbocycles. The molecule has 0 bridgehead atoms. The minimum atomic E-state index is -0.167. The molecule has 0 aliphatic heterocycles. The molecule has 1 nitrogen and oxygen atoms in total. The summed E-state index contributed by atoms with van der Waals surface area (Å²) in [4.78, 5) is 0. The molecular formula is C10H11FIN. The van der Waals surface area contributed by atoms with Gasteiger partial charge in [0.25, 0.3) is 0 Å². The first kappa shape index (κ1) is 9.40. The zero-order chi connectivity index (χ0) is 9.42. The van der Waals surface area contributed by atoms with Crippen LogP contribution in [0.5, 0.6) is 0 Å². The van der Waals surface area contributed by atoms with Crippen molar-refractivity contribution in [2.45, 2.75) is 18.9 Å². The van der Waals surface area contributed by atoms with Gasteiger partial charge in [0, 0.05) is 15.2 Å². The maximum absolute atomic E-state index is 13.3. The minimum absolute atomic E-state index is 0.102. The molecule has 2 N–H and O–H groups in total. The van der Waals surface area contributed by atoms with E-state index in [2.05, 4.69) is 22.6 Å². The number of hydrogen-bond donors (Lipinski definition) is 1. The number of nitrogens with two attached hydrogens (primary N) is 1. The minimum Gasteiger partial charge on any atom is -0.324 e. The van der Waals surface area contributed by atoms with E-state index < -0.39 is 0 Å². The molecule has 1 atom stereocenters. The molecule has 0 heterocycles. The molecule has 2 rings (SSSR count). The van der Waals surface area contributed by atoms with Crippen molar-refractivity contribution in [2.75, 3.05) is 0 Å². The Morgan fingerprint density at radius 3 is 2.77 bits per heavy atom. The molecule has 0 radical (unpaired) electrons. The second-order valence-electron chi connectivity index (χ2n) is 3.53. The highest BCUT2D eigenvalue weighted by molar-refractivity contribution is 14.1. The average Bonchev–Trinajstić information content (AvgIpc) is 2.91. The SMILES string of the molecule is N[C@H](c1cc(I)ccc1F)C1CC1. The van der Waals surface area contributed by atoms with Crippen LogP contribution in [0, 0.1) is 15.3 Å². The highest BCUT2D eigenvalue weighted by atomic mass is 127. The topological polar surface area (TPSA) is 26.0 Å². The summed E-state index contributed by atoms with van der Waals surface area (Å²) < 4.78 is 14.4. The van der Waals surface area contributed by atoms with Gasteiger partial charge in [0.2, 0.25) is 0 Å². The molecule has 0 saturated heterocycles. The molecule has 1 aromatic carbocycles. The van der Waals surface area contributed by atoms with Gasteiger partial charge in [-0.2, -0.15) is 0 Å². The third kappa shape index (κ3) is 2.02. The molecule has 1 fully saturated rings. The zero-order valence-corrected chi connectivity index (χ0v) is 9.29. The Morgan fingerprint density at radius 2 is 2.15 bits per heavy atom. The van der Waals surface area contributed by atoms with Crippen molar-refractivity contribution in [1.82, 2.24) is 0 Å². The zero-order valence-electron chi connectivity index (χ0n) is 7.13. The van der Waals surface area contributed by atoms with Crippen LogP contribution in [0.25, 0.3) is 0 Å². The van der Waals surface area contributed by atoms with E-state index in [1.807, 2.05) is 6.07 Å². The van der Waals surface area contributed by atoms with Crippen LogP contribution in [-0.4, -0.2) is 0 Å². The summed E-state index contributed by atoms with van der Waals surface area (Å²) in [6.45, 7) is 0. The maximum Gasteiger partial charge on any atom is 0.128 e. The molecular weight excluding hydrogens is 280 g/mol. The van der Waals surface area contributed by atoms with Crippen molar-refractivity contribution < 1.29 is 4.39 Å². The van der Waals surface area contributed by atoms with E-state index in [1.165, 1.54) is 6.07 Å². The quantitative estimate of drug-likeness (QED) is 0.833. The van der Waals surface area contributed by atoms with E-state index >= 15 is 0 Å². The lowest BCUT2D eigenvalue weighted by atomic mass is 10.0. The fourth-order valence-electron chi connectivity index (χ4n) is 1.48. The summed E-state index contributed by atoms with van der Waals surface area (Å²) in [5, 5.41) is 0. The monoisotopic (exact) mass is 291 g/mol. The largest absolute Gasteiger partial charge is 0.324 e. The standard InChI is InChI=1S/C10H11FIN/c11-9-4-3-7(12)5-8(9)10(13)6-1-2-6/h3-6,10H,1-2,13H2/t10-/m0/s1. The van der Waals surface area contributed by atoms with Gasteiger partial charge in [0.05, 0.1) is 0 Å². The Balaban J connectivity index is 2.31. The van der Waals surface area contributed by atoms with E-state index in [0.717, 1.165) is 16.4 Å². The van der Waals surface area contributed by atoms with Crippen LogP contribution in [0.3, 0.4) is 0 Å². The molecule has 1 aliphatic carbocycles. The van der Waals surface area contributed by atoms with Crippen molar-refractivity contribution in [1.29, 1.82) is 0 Å². The van der Waals surface area contributed by atoms with Gasteiger partial charge in [-0.25, -0.2) is 4.39 Å². The van der Waals surface area contributed by atoms with Crippen molar-refractivity contribution in [3.8, 4) is 0 Å². The van der Waals surface area contributed by atoms with E-state index in [4.69, 9.17) is 5.73 Å². The van der Waals surface area contributed by atoms with E-state index in [0.29, 0.717) is 11.5 Å². The average molecular weight is 291 g/mol. The lowest BCUT2D eigenvalue weighted by molar-refractivity contribution is 0.553. The number of hydrogen-bond acceptors (Lipinski definition) is 1. The number of rotatable bonds is 2. The second kappa shape index (κ2) is 3.53. The Labute approximate surface area is 90.7 Å². The number of halogens is 2. The highest BCUT2D eigenvalue weighted by Crippen LogP contribution is 2.40. The Morgan fingerprint density at radius 1 is 1.46 bits per heavy atom. The molecule has 13 heavy (non-hydrogen) atoms. The predicted octanol–water partition coefficient (Wildman–Crippen LogP) is 2.84. The second-order valence-corrected chi connectivity index (χ2v) is 4.77. The van der Waals surface area contributed by atoms with Crippen molar-refractivity contribution >= 4 is 22.6 Å². The summed E-state index contributed by atoms with van der Waals surface area (Å²) in [7, 11) is 0. The van der Waals surface area contributed by atoms with Gasteiger partial charge in [-0.15, -0.1) is 0 Å². The molecule has 0 spiro atoms. The molecule has 0 aromatic heterocycles. The summed E-state index contributed by atoms with van der Waals surface area (Å²) >= 11 is 2.18. The van der Waals surface area contributed by atoms with Crippen LogP contribution >= 0.6 is 22.6 Å². The maximum atomic E-state index is 13.3. The fraction of sp³-hybridized carbons (Fsp3) is 0.400. The third-order valence-corrected chi connectivity index (χ3v) is 3.12. The van der Waals surface area contributed by atoms with Gasteiger partial charge in [0.15, 0.2) is 0 Å². The first-order chi connectivity index (χ1) is 6.18. The van der Waals surface area contributed by atoms with E-state index in [-0.39, 0.29) is 11.9 Å². The smallest absolute Gasteiger partial charge is 0.128 e. The first-order valence-electron chi connectivity index (χ1n) is 4.39. The van der Waals surface area contributed by atoms with Crippen LogP contribution in [0.4, 0.5) is 4.39 Å². The summed E-state index contributed by atoms with van der Waals surface area (Å²) in [5.41, 5.74) is 6.60. The molecule has 1 aromatic rings. The van der Waals surface area contributed by atoms with Crippen LogP contribution < -0.4 is 5.73 Å². The van der Waals surface area contributed by atoms with Gasteiger partial charge >= 0.3 is 0 Å². The van der Waals surface area contributed by atoms with Crippen LogP contribution in [0.2, 0.25) is 0 Å².